The van der Waals surface area contributed by atoms with Crippen molar-refractivity contribution in [3.63, 3.8) is 0 Å². The van der Waals surface area contributed by atoms with Gasteiger partial charge in [0.15, 0.2) is 5.82 Å². The average molecular weight is 465 g/mol. The van der Waals surface area contributed by atoms with Crippen molar-refractivity contribution >= 4 is 34.5 Å². The van der Waals surface area contributed by atoms with Crippen LogP contribution in [0.5, 0.6) is 0 Å². The molecule has 1 aromatic carbocycles. The molecule has 4 rings (SSSR count). The highest BCUT2D eigenvalue weighted by atomic mass is 16.2. The molecule has 3 aromatic rings. The molecule has 0 aliphatic carbocycles. The third kappa shape index (κ3) is 5.35. The molecule has 0 radical (unpaired) electrons. The van der Waals surface area contributed by atoms with E-state index in [-0.39, 0.29) is 17.9 Å². The lowest BCUT2D eigenvalue weighted by atomic mass is 10.0. The van der Waals surface area contributed by atoms with Crippen LogP contribution in [0.3, 0.4) is 0 Å². The number of benzene rings is 1. The van der Waals surface area contributed by atoms with Crippen LogP contribution in [0.1, 0.15) is 43.5 Å². The summed E-state index contributed by atoms with van der Waals surface area (Å²) in [4.78, 5) is 31.9. The predicted octanol–water partition coefficient (Wildman–Crippen LogP) is 2.35. The minimum absolute atomic E-state index is 0.0626. The van der Waals surface area contributed by atoms with Gasteiger partial charge >= 0.3 is 0 Å². The fraction of sp³-hybridized carbons (Fsp3) is 0.417. The van der Waals surface area contributed by atoms with Crippen molar-refractivity contribution < 1.29 is 9.59 Å². The second kappa shape index (κ2) is 10.2. The molecule has 6 N–H and O–H groups in total. The third-order valence-corrected chi connectivity index (χ3v) is 5.97. The fourth-order valence-electron chi connectivity index (χ4n) is 4.15. The predicted molar refractivity (Wildman–Crippen MR) is 132 cm³/mol. The van der Waals surface area contributed by atoms with E-state index in [1.165, 1.54) is 6.33 Å². The molecule has 10 heteroatoms. The molecule has 1 fully saturated rings. The lowest BCUT2D eigenvalue weighted by Crippen LogP contribution is -2.42. The summed E-state index contributed by atoms with van der Waals surface area (Å²) in [5.41, 5.74) is 14.4. The lowest BCUT2D eigenvalue weighted by molar-refractivity contribution is -0.117. The molecule has 1 aliphatic heterocycles. The molecule has 0 spiro atoms. The van der Waals surface area contributed by atoms with Gasteiger partial charge in [0.05, 0.1) is 11.6 Å². The van der Waals surface area contributed by atoms with Crippen molar-refractivity contribution in [2.24, 2.45) is 17.4 Å². The normalized spacial score (nSPS) is 15.5. The van der Waals surface area contributed by atoms with Gasteiger partial charge in [0.1, 0.15) is 11.8 Å². The summed E-state index contributed by atoms with van der Waals surface area (Å²) in [7, 11) is 0. The van der Waals surface area contributed by atoms with E-state index < -0.39 is 6.04 Å². The molecule has 2 aromatic heterocycles. The first-order valence-electron chi connectivity index (χ1n) is 11.6. The lowest BCUT2D eigenvalue weighted by Gasteiger charge is -2.30. The van der Waals surface area contributed by atoms with Crippen LogP contribution < -0.4 is 22.1 Å². The topological polar surface area (TPSA) is 144 Å². The van der Waals surface area contributed by atoms with Gasteiger partial charge in [-0.05, 0) is 49.4 Å². The number of carbonyl (C=O) groups is 2. The van der Waals surface area contributed by atoms with Crippen molar-refractivity contribution in [2.75, 3.05) is 23.7 Å². The molecule has 0 bridgehead atoms. The van der Waals surface area contributed by atoms with Crippen molar-refractivity contribution in [1.82, 2.24) is 19.5 Å². The number of nitrogens with zero attached hydrogens (tertiary/aromatic N) is 4. The molecule has 3 heterocycles. The molecular formula is C24H32N8O2. The maximum absolute atomic E-state index is 13.2. The number of aromatic nitrogens is 3. The molecule has 180 valence electrons. The Balaban J connectivity index is 1.55. The van der Waals surface area contributed by atoms with Gasteiger partial charge < -0.3 is 27.0 Å². The Kier molecular flexibility index (Phi) is 7.09. The molecule has 34 heavy (non-hydrogen) atoms. The molecule has 2 amide bonds. The van der Waals surface area contributed by atoms with Gasteiger partial charge in [-0.25, -0.2) is 9.50 Å². The van der Waals surface area contributed by atoms with Crippen LogP contribution >= 0.6 is 0 Å². The van der Waals surface area contributed by atoms with Crippen LogP contribution in [0, 0.1) is 5.92 Å². The van der Waals surface area contributed by atoms with Crippen LogP contribution in [0.15, 0.2) is 42.9 Å². The van der Waals surface area contributed by atoms with Gasteiger partial charge in [-0.3, -0.25) is 9.59 Å². The number of anilines is 3. The smallest absolute Gasteiger partial charge is 0.256 e. The van der Waals surface area contributed by atoms with Crippen LogP contribution in [-0.4, -0.2) is 56.5 Å². The highest BCUT2D eigenvalue weighted by molar-refractivity contribution is 6.04. The molecule has 1 atom stereocenters. The standard InChI is InChI=1S/C24H32N8O2/c1-15(2)12-20(26)23(33)30-18-5-3-4-17(13-18)29-22-21-19(8-11-32(21)28-14-27-22)24(34)31-9-6-16(25)7-10-31/h3-5,8,11,13-16,20H,6-7,9-10,12,25-26H2,1-2H3,(H,30,33)(H,27,28,29)/t20-/m1/s1. The highest BCUT2D eigenvalue weighted by Gasteiger charge is 2.25. The van der Waals surface area contributed by atoms with Crippen LogP contribution in [0.4, 0.5) is 17.2 Å². The number of carbonyl (C=O) groups excluding carboxylic acids is 2. The van der Waals surface area contributed by atoms with Crippen molar-refractivity contribution in [3.8, 4) is 0 Å². The fourth-order valence-corrected chi connectivity index (χ4v) is 4.15. The monoisotopic (exact) mass is 464 g/mol. The molecule has 1 saturated heterocycles. The van der Waals surface area contributed by atoms with Crippen LogP contribution in [-0.2, 0) is 4.79 Å². The third-order valence-electron chi connectivity index (χ3n) is 5.97. The number of hydrogen-bond acceptors (Lipinski definition) is 7. The molecule has 10 nitrogen and oxygen atoms in total. The summed E-state index contributed by atoms with van der Waals surface area (Å²) in [6, 6.07) is 8.62. The van der Waals surface area contributed by atoms with Gasteiger partial charge in [0, 0.05) is 36.7 Å². The van der Waals surface area contributed by atoms with Gasteiger partial charge in [0.25, 0.3) is 5.91 Å². The second-order valence-corrected chi connectivity index (χ2v) is 9.19. The number of piperidine rings is 1. The second-order valence-electron chi connectivity index (χ2n) is 9.19. The number of amides is 2. The quantitative estimate of drug-likeness (QED) is 0.420. The highest BCUT2D eigenvalue weighted by Crippen LogP contribution is 2.26. The zero-order chi connectivity index (χ0) is 24.2. The Hall–Kier alpha value is -3.50. The maximum atomic E-state index is 13.2. The van der Waals surface area contributed by atoms with E-state index in [0.717, 1.165) is 12.8 Å². The van der Waals surface area contributed by atoms with E-state index in [0.29, 0.717) is 53.7 Å². The number of rotatable bonds is 7. The molecule has 1 aliphatic rings. The van der Waals surface area contributed by atoms with E-state index in [9.17, 15) is 9.59 Å². The first kappa shape index (κ1) is 23.7. The number of fused-ring (bicyclic) bond motifs is 1. The van der Waals surface area contributed by atoms with Crippen molar-refractivity contribution in [1.29, 1.82) is 0 Å². The van der Waals surface area contributed by atoms with Crippen molar-refractivity contribution in [3.05, 3.63) is 48.4 Å². The van der Waals surface area contributed by atoms with Crippen molar-refractivity contribution in [2.45, 2.75) is 45.2 Å². The summed E-state index contributed by atoms with van der Waals surface area (Å²) in [6.07, 6.45) is 5.37. The summed E-state index contributed by atoms with van der Waals surface area (Å²) in [5.74, 6) is 0.537. The summed E-state index contributed by atoms with van der Waals surface area (Å²) < 4.78 is 1.63. The Morgan fingerprint density at radius 3 is 2.65 bits per heavy atom. The van der Waals surface area contributed by atoms with Gasteiger partial charge in [-0.1, -0.05) is 19.9 Å². The van der Waals surface area contributed by atoms with Gasteiger partial charge in [-0.2, -0.15) is 5.10 Å². The summed E-state index contributed by atoms with van der Waals surface area (Å²) in [5, 5.41) is 10.4. The first-order valence-corrected chi connectivity index (χ1v) is 11.6. The number of hydrogen-bond donors (Lipinski definition) is 4. The maximum Gasteiger partial charge on any atom is 0.256 e. The Morgan fingerprint density at radius 1 is 1.18 bits per heavy atom. The zero-order valence-corrected chi connectivity index (χ0v) is 19.6. The SMILES string of the molecule is CC(C)C[C@@H](N)C(=O)Nc1cccc(Nc2ncnn3ccc(C(=O)N4CCC(N)CC4)c23)c1. The number of likely N-dealkylation sites (tertiary alicyclic amines) is 1. The van der Waals surface area contributed by atoms with Gasteiger partial charge in [0.2, 0.25) is 5.91 Å². The summed E-state index contributed by atoms with van der Waals surface area (Å²) in [6.45, 7) is 5.32. The Bertz CT molecular complexity index is 1170. The number of nitrogens with one attached hydrogen (secondary N) is 2. The average Bonchev–Trinajstić information content (AvgIpc) is 3.24. The minimum Gasteiger partial charge on any atom is -0.338 e. The Labute approximate surface area is 198 Å². The van der Waals surface area contributed by atoms with Crippen LogP contribution in [0.2, 0.25) is 0 Å². The molecule has 0 unspecified atom stereocenters. The Morgan fingerprint density at radius 2 is 1.91 bits per heavy atom. The number of nitrogens with two attached hydrogens (primary N) is 2. The van der Waals surface area contributed by atoms with E-state index in [1.807, 2.05) is 30.9 Å². The van der Waals surface area contributed by atoms with E-state index in [2.05, 4.69) is 20.7 Å². The van der Waals surface area contributed by atoms with Gasteiger partial charge in [-0.15, -0.1) is 0 Å². The first-order chi connectivity index (χ1) is 16.3. The molecule has 0 saturated carbocycles. The van der Waals surface area contributed by atoms with E-state index >= 15 is 0 Å². The largest absolute Gasteiger partial charge is 0.338 e. The van der Waals surface area contributed by atoms with Crippen LogP contribution in [0.25, 0.3) is 5.52 Å². The molecular weight excluding hydrogens is 432 g/mol. The van der Waals surface area contributed by atoms with E-state index in [4.69, 9.17) is 11.5 Å². The minimum atomic E-state index is -0.572. The van der Waals surface area contributed by atoms with E-state index in [1.54, 1.807) is 28.9 Å². The zero-order valence-electron chi connectivity index (χ0n) is 19.6. The summed E-state index contributed by atoms with van der Waals surface area (Å²) >= 11 is 0.